The van der Waals surface area contributed by atoms with Crippen LogP contribution in [0.4, 0.5) is 0 Å². The number of fused-ring (bicyclic) bond motifs is 1. The number of aromatic nitrogens is 3. The van der Waals surface area contributed by atoms with E-state index in [0.717, 1.165) is 37.1 Å². The molecule has 3 aliphatic heterocycles. The monoisotopic (exact) mass is 397 g/mol. The Balaban J connectivity index is 1.24. The van der Waals surface area contributed by atoms with E-state index in [4.69, 9.17) is 4.74 Å². The topological polar surface area (TPSA) is 80.6 Å². The third kappa shape index (κ3) is 3.29. The van der Waals surface area contributed by atoms with Gasteiger partial charge in [-0.05, 0) is 44.8 Å². The maximum absolute atomic E-state index is 13.0. The smallest absolute Gasteiger partial charge is 0.312 e. The molecule has 1 atom stereocenters. The Bertz CT molecular complexity index is 941. The lowest BCUT2D eigenvalue weighted by Crippen LogP contribution is -2.45. The summed E-state index contributed by atoms with van der Waals surface area (Å²) < 4.78 is 7.47. The number of amides is 1. The lowest BCUT2D eigenvalue weighted by molar-refractivity contribution is -0.150. The summed E-state index contributed by atoms with van der Waals surface area (Å²) in [6.07, 6.45) is 7.92. The largest absolute Gasteiger partial charge is 0.461 e. The van der Waals surface area contributed by atoms with Gasteiger partial charge in [-0.1, -0.05) is 0 Å². The molecule has 1 amide bonds. The molecule has 3 saturated heterocycles. The minimum Gasteiger partial charge on any atom is -0.461 e. The molecule has 0 aliphatic carbocycles. The number of carbonyl (C=O) groups is 2. The van der Waals surface area contributed by atoms with E-state index in [2.05, 4.69) is 15.0 Å². The van der Waals surface area contributed by atoms with Crippen molar-refractivity contribution in [2.75, 3.05) is 32.7 Å². The zero-order valence-corrected chi connectivity index (χ0v) is 16.8. The molecule has 3 fully saturated rings. The fraction of sp³-hybridized carbons (Fsp3) is 0.619. The van der Waals surface area contributed by atoms with Crippen molar-refractivity contribution >= 4 is 22.9 Å². The van der Waals surface area contributed by atoms with E-state index in [1.54, 1.807) is 17.1 Å². The first-order valence-corrected chi connectivity index (χ1v) is 10.5. The van der Waals surface area contributed by atoms with Gasteiger partial charge in [0.1, 0.15) is 11.6 Å². The average molecular weight is 397 g/mol. The Morgan fingerprint density at radius 2 is 1.97 bits per heavy atom. The van der Waals surface area contributed by atoms with Crippen LogP contribution in [0.15, 0.2) is 18.5 Å². The second-order valence-corrected chi connectivity index (χ2v) is 8.71. The number of hydrogen-bond donors (Lipinski definition) is 0. The van der Waals surface area contributed by atoms with Crippen LogP contribution in [0.3, 0.4) is 0 Å². The molecule has 0 saturated carbocycles. The van der Waals surface area contributed by atoms with Gasteiger partial charge >= 0.3 is 5.97 Å². The SMILES string of the molecule is Cn1ncc2ncc(C(=O)N3CCC4(CC3)CC(CN3CCCC3)OC4=O)cc21. The molecule has 5 heterocycles. The summed E-state index contributed by atoms with van der Waals surface area (Å²) >= 11 is 0. The number of ether oxygens (including phenoxy) is 1. The van der Waals surface area contributed by atoms with Gasteiger partial charge in [0.05, 0.1) is 22.7 Å². The molecule has 1 unspecified atom stereocenters. The van der Waals surface area contributed by atoms with Crippen LogP contribution in [0.2, 0.25) is 0 Å². The highest BCUT2D eigenvalue weighted by molar-refractivity contribution is 5.96. The van der Waals surface area contributed by atoms with E-state index in [1.807, 2.05) is 18.0 Å². The Morgan fingerprint density at radius 3 is 2.72 bits per heavy atom. The number of aryl methyl sites for hydroxylation is 1. The molecule has 2 aromatic rings. The van der Waals surface area contributed by atoms with Gasteiger partial charge in [0.2, 0.25) is 0 Å². The van der Waals surface area contributed by atoms with Crippen molar-refractivity contribution in [3.05, 3.63) is 24.0 Å². The maximum atomic E-state index is 13.0. The summed E-state index contributed by atoms with van der Waals surface area (Å²) in [6.45, 7) is 4.23. The minimum absolute atomic E-state index is 0.000648. The van der Waals surface area contributed by atoms with E-state index >= 15 is 0 Å². The van der Waals surface area contributed by atoms with Crippen molar-refractivity contribution in [1.29, 1.82) is 0 Å². The Labute approximate surface area is 169 Å². The van der Waals surface area contributed by atoms with E-state index in [9.17, 15) is 9.59 Å². The molecule has 2 aromatic heterocycles. The van der Waals surface area contributed by atoms with E-state index in [-0.39, 0.29) is 18.0 Å². The molecule has 3 aliphatic rings. The fourth-order valence-corrected chi connectivity index (χ4v) is 5.06. The molecule has 154 valence electrons. The Morgan fingerprint density at radius 1 is 1.21 bits per heavy atom. The quantitative estimate of drug-likeness (QED) is 0.732. The maximum Gasteiger partial charge on any atom is 0.312 e. The van der Waals surface area contributed by atoms with E-state index in [1.165, 1.54) is 12.8 Å². The summed E-state index contributed by atoms with van der Waals surface area (Å²) in [6, 6.07) is 1.85. The van der Waals surface area contributed by atoms with Crippen LogP contribution in [-0.4, -0.2) is 75.3 Å². The molecular weight excluding hydrogens is 370 g/mol. The van der Waals surface area contributed by atoms with Crippen molar-refractivity contribution in [3.8, 4) is 0 Å². The molecule has 1 spiro atoms. The van der Waals surface area contributed by atoms with Crippen LogP contribution in [0.25, 0.3) is 11.0 Å². The van der Waals surface area contributed by atoms with E-state index in [0.29, 0.717) is 31.5 Å². The molecule has 5 rings (SSSR count). The number of carbonyl (C=O) groups excluding carboxylic acids is 2. The first kappa shape index (κ1) is 18.5. The van der Waals surface area contributed by atoms with Gasteiger partial charge in [-0.25, -0.2) is 0 Å². The average Bonchev–Trinajstić information content (AvgIpc) is 3.44. The minimum atomic E-state index is -0.411. The predicted octanol–water partition coefficient (Wildman–Crippen LogP) is 1.60. The van der Waals surface area contributed by atoms with Gasteiger partial charge in [-0.3, -0.25) is 24.2 Å². The normalized spacial score (nSPS) is 24.5. The Hall–Kier alpha value is -2.48. The molecule has 0 aromatic carbocycles. The van der Waals surface area contributed by atoms with Gasteiger partial charge in [0.15, 0.2) is 0 Å². The van der Waals surface area contributed by atoms with Crippen LogP contribution in [0.5, 0.6) is 0 Å². The molecule has 8 nitrogen and oxygen atoms in total. The summed E-state index contributed by atoms with van der Waals surface area (Å²) in [7, 11) is 1.84. The first-order chi connectivity index (χ1) is 14.0. The molecular formula is C21H27N5O3. The molecule has 8 heteroatoms. The van der Waals surface area contributed by atoms with E-state index < -0.39 is 5.41 Å². The number of pyridine rings is 1. The number of cyclic esters (lactones) is 1. The number of rotatable bonds is 3. The summed E-state index contributed by atoms with van der Waals surface area (Å²) in [4.78, 5) is 34.3. The van der Waals surface area contributed by atoms with Gasteiger partial charge in [0, 0.05) is 39.3 Å². The summed E-state index contributed by atoms with van der Waals surface area (Å²) in [5.41, 5.74) is 1.77. The number of piperidine rings is 1. The van der Waals surface area contributed by atoms with Gasteiger partial charge in [-0.15, -0.1) is 0 Å². The first-order valence-electron chi connectivity index (χ1n) is 10.5. The molecule has 29 heavy (non-hydrogen) atoms. The van der Waals surface area contributed by atoms with Gasteiger partial charge < -0.3 is 9.64 Å². The van der Waals surface area contributed by atoms with Crippen molar-refractivity contribution in [2.45, 2.75) is 38.2 Å². The van der Waals surface area contributed by atoms with Crippen molar-refractivity contribution < 1.29 is 14.3 Å². The zero-order valence-electron chi connectivity index (χ0n) is 16.8. The second kappa shape index (κ2) is 7.09. The summed E-state index contributed by atoms with van der Waals surface area (Å²) in [5, 5.41) is 4.18. The van der Waals surface area contributed by atoms with Crippen molar-refractivity contribution in [1.82, 2.24) is 24.6 Å². The third-order valence-corrected chi connectivity index (χ3v) is 6.84. The van der Waals surface area contributed by atoms with Crippen LogP contribution in [-0.2, 0) is 16.6 Å². The second-order valence-electron chi connectivity index (χ2n) is 8.71. The molecule has 0 radical (unpaired) electrons. The van der Waals surface area contributed by atoms with Crippen LogP contribution in [0, 0.1) is 5.41 Å². The number of esters is 1. The van der Waals surface area contributed by atoms with Gasteiger partial charge in [-0.2, -0.15) is 5.10 Å². The Kier molecular flexibility index (Phi) is 4.53. The van der Waals surface area contributed by atoms with Crippen LogP contribution in [0.1, 0.15) is 42.5 Å². The molecule has 0 N–H and O–H groups in total. The lowest BCUT2D eigenvalue weighted by atomic mass is 9.76. The van der Waals surface area contributed by atoms with Crippen molar-refractivity contribution in [2.24, 2.45) is 12.5 Å². The van der Waals surface area contributed by atoms with Crippen LogP contribution >= 0.6 is 0 Å². The predicted molar refractivity (Wildman–Crippen MR) is 106 cm³/mol. The fourth-order valence-electron chi connectivity index (χ4n) is 5.06. The highest BCUT2D eigenvalue weighted by Crippen LogP contribution is 2.43. The van der Waals surface area contributed by atoms with Crippen LogP contribution < -0.4 is 0 Å². The highest BCUT2D eigenvalue weighted by atomic mass is 16.6. The zero-order chi connectivity index (χ0) is 20.0. The third-order valence-electron chi connectivity index (χ3n) is 6.84. The lowest BCUT2D eigenvalue weighted by Gasteiger charge is -2.36. The standard InChI is InChI=1S/C21H27N5O3/c1-24-18-10-15(12-22-17(18)13-23-24)19(27)26-8-4-21(5-9-26)11-16(29-20(21)28)14-25-6-2-3-7-25/h10,12-13,16H,2-9,11,14H2,1H3. The summed E-state index contributed by atoms with van der Waals surface area (Å²) in [5.74, 6) is -0.0952. The number of hydrogen-bond acceptors (Lipinski definition) is 6. The number of nitrogens with zero attached hydrogens (tertiary/aromatic N) is 5. The van der Waals surface area contributed by atoms with Gasteiger partial charge in [0.25, 0.3) is 5.91 Å². The number of likely N-dealkylation sites (tertiary alicyclic amines) is 2. The highest BCUT2D eigenvalue weighted by Gasteiger charge is 2.51. The van der Waals surface area contributed by atoms with Crippen molar-refractivity contribution in [3.63, 3.8) is 0 Å². The molecule has 0 bridgehead atoms.